The summed E-state index contributed by atoms with van der Waals surface area (Å²) in [5, 5.41) is 4.91. The Morgan fingerprint density at radius 2 is 2.04 bits per heavy atom. The lowest BCUT2D eigenvalue weighted by Gasteiger charge is -2.31. The number of aryl methyl sites for hydroxylation is 1. The number of nitrogens with one attached hydrogen (secondary N) is 1. The molecule has 1 aliphatic rings. The van der Waals surface area contributed by atoms with Crippen molar-refractivity contribution in [2.24, 2.45) is 5.92 Å². The number of rotatable bonds is 7. The van der Waals surface area contributed by atoms with E-state index in [0.29, 0.717) is 26.2 Å². The minimum Gasteiger partial charge on any atom is -0.494 e. The summed E-state index contributed by atoms with van der Waals surface area (Å²) in [5.41, 5.74) is 1.17. The lowest BCUT2D eigenvalue weighted by atomic mass is 9.95. The largest absolute Gasteiger partial charge is 0.494 e. The molecule has 0 aliphatic carbocycles. The van der Waals surface area contributed by atoms with Crippen LogP contribution >= 0.6 is 11.3 Å². The van der Waals surface area contributed by atoms with Crippen LogP contribution in [-0.4, -0.2) is 43.0 Å². The Morgan fingerprint density at radius 3 is 2.74 bits per heavy atom. The molecule has 0 bridgehead atoms. The van der Waals surface area contributed by atoms with Crippen LogP contribution in [0.5, 0.6) is 5.75 Å². The van der Waals surface area contributed by atoms with Crippen molar-refractivity contribution >= 4 is 23.2 Å². The van der Waals surface area contributed by atoms with Crippen molar-refractivity contribution in [3.63, 3.8) is 0 Å². The molecule has 2 heterocycles. The van der Waals surface area contributed by atoms with Gasteiger partial charge in [-0.3, -0.25) is 9.59 Å². The van der Waals surface area contributed by atoms with Crippen LogP contribution in [0.25, 0.3) is 0 Å². The lowest BCUT2D eigenvalue weighted by molar-refractivity contribution is -0.126. The van der Waals surface area contributed by atoms with Crippen LogP contribution < -0.4 is 10.1 Å². The van der Waals surface area contributed by atoms with Crippen molar-refractivity contribution in [1.29, 1.82) is 0 Å². The molecular weight excluding hydrogens is 360 g/mol. The zero-order valence-corrected chi connectivity index (χ0v) is 16.5. The SMILES string of the molecule is Cc1cccc(OCCCNC(=O)C2CCN(C(=O)c3cccs3)CC2)c1. The second kappa shape index (κ2) is 9.55. The number of benzene rings is 1. The molecule has 1 aliphatic heterocycles. The van der Waals surface area contributed by atoms with Crippen LogP contribution in [-0.2, 0) is 4.79 Å². The predicted molar refractivity (Wildman–Crippen MR) is 107 cm³/mol. The number of hydrogen-bond donors (Lipinski definition) is 1. The molecule has 0 unspecified atom stereocenters. The molecule has 144 valence electrons. The molecule has 0 atom stereocenters. The smallest absolute Gasteiger partial charge is 0.263 e. The van der Waals surface area contributed by atoms with Crippen molar-refractivity contribution in [3.05, 3.63) is 52.2 Å². The quantitative estimate of drug-likeness (QED) is 0.741. The normalized spacial score (nSPS) is 14.8. The van der Waals surface area contributed by atoms with E-state index in [9.17, 15) is 9.59 Å². The highest BCUT2D eigenvalue weighted by Crippen LogP contribution is 2.21. The number of hydrogen-bond acceptors (Lipinski definition) is 4. The van der Waals surface area contributed by atoms with Gasteiger partial charge in [0.25, 0.3) is 5.91 Å². The number of carbonyl (C=O) groups is 2. The first-order valence-corrected chi connectivity index (χ1v) is 10.3. The summed E-state index contributed by atoms with van der Waals surface area (Å²) < 4.78 is 5.70. The maximum absolute atomic E-state index is 12.3. The van der Waals surface area contributed by atoms with Gasteiger partial charge in [0.1, 0.15) is 5.75 Å². The topological polar surface area (TPSA) is 58.6 Å². The van der Waals surface area contributed by atoms with E-state index < -0.39 is 0 Å². The zero-order chi connectivity index (χ0) is 19.1. The van der Waals surface area contributed by atoms with Gasteiger partial charge in [-0.05, 0) is 55.3 Å². The summed E-state index contributed by atoms with van der Waals surface area (Å²) in [4.78, 5) is 27.3. The molecule has 3 rings (SSSR count). The van der Waals surface area contributed by atoms with Crippen LogP contribution in [0.15, 0.2) is 41.8 Å². The van der Waals surface area contributed by atoms with Crippen LogP contribution in [0, 0.1) is 12.8 Å². The maximum atomic E-state index is 12.3. The Labute approximate surface area is 164 Å². The molecule has 1 fully saturated rings. The summed E-state index contributed by atoms with van der Waals surface area (Å²) in [6, 6.07) is 11.7. The Balaban J connectivity index is 1.32. The molecule has 0 radical (unpaired) electrons. The van der Waals surface area contributed by atoms with Gasteiger partial charge in [0.2, 0.25) is 5.91 Å². The first-order chi connectivity index (χ1) is 13.1. The van der Waals surface area contributed by atoms with Gasteiger partial charge in [-0.25, -0.2) is 0 Å². The van der Waals surface area contributed by atoms with E-state index in [0.717, 1.165) is 29.9 Å². The minimum atomic E-state index is -0.00456. The first-order valence-electron chi connectivity index (χ1n) is 9.43. The fourth-order valence-electron chi connectivity index (χ4n) is 3.22. The molecule has 1 aromatic carbocycles. The third kappa shape index (κ3) is 5.57. The van der Waals surface area contributed by atoms with Crippen LogP contribution in [0.2, 0.25) is 0 Å². The Bertz CT molecular complexity index is 753. The van der Waals surface area contributed by atoms with E-state index in [2.05, 4.69) is 5.32 Å². The van der Waals surface area contributed by atoms with Gasteiger partial charge in [-0.2, -0.15) is 0 Å². The number of piperidine rings is 1. The van der Waals surface area contributed by atoms with Crippen LogP contribution in [0.4, 0.5) is 0 Å². The molecule has 0 saturated carbocycles. The Morgan fingerprint density at radius 1 is 1.22 bits per heavy atom. The Hall–Kier alpha value is -2.34. The second-order valence-electron chi connectivity index (χ2n) is 6.85. The fraction of sp³-hybridized carbons (Fsp3) is 0.429. The summed E-state index contributed by atoms with van der Waals surface area (Å²) in [5.74, 6) is 1.03. The molecule has 1 saturated heterocycles. The van der Waals surface area contributed by atoms with Gasteiger partial charge in [0, 0.05) is 25.6 Å². The molecule has 27 heavy (non-hydrogen) atoms. The number of nitrogens with zero attached hydrogens (tertiary/aromatic N) is 1. The highest BCUT2D eigenvalue weighted by molar-refractivity contribution is 7.12. The van der Waals surface area contributed by atoms with Crippen molar-refractivity contribution < 1.29 is 14.3 Å². The predicted octanol–water partition coefficient (Wildman–Crippen LogP) is 3.49. The number of likely N-dealkylation sites (tertiary alicyclic amines) is 1. The van der Waals surface area contributed by atoms with Gasteiger partial charge < -0.3 is 15.0 Å². The molecule has 1 aromatic heterocycles. The van der Waals surface area contributed by atoms with E-state index in [1.54, 1.807) is 0 Å². The van der Waals surface area contributed by atoms with Gasteiger partial charge in [0.05, 0.1) is 11.5 Å². The lowest BCUT2D eigenvalue weighted by Crippen LogP contribution is -2.43. The van der Waals surface area contributed by atoms with E-state index in [-0.39, 0.29) is 17.7 Å². The number of ether oxygens (including phenoxy) is 1. The van der Waals surface area contributed by atoms with Crippen molar-refractivity contribution in [2.75, 3.05) is 26.2 Å². The summed E-state index contributed by atoms with van der Waals surface area (Å²) in [7, 11) is 0. The highest BCUT2D eigenvalue weighted by atomic mass is 32.1. The molecule has 6 heteroatoms. The summed E-state index contributed by atoms with van der Waals surface area (Å²) >= 11 is 1.46. The maximum Gasteiger partial charge on any atom is 0.263 e. The van der Waals surface area contributed by atoms with Crippen LogP contribution in [0.3, 0.4) is 0 Å². The van der Waals surface area contributed by atoms with E-state index in [1.165, 1.54) is 16.9 Å². The third-order valence-electron chi connectivity index (χ3n) is 4.76. The van der Waals surface area contributed by atoms with Crippen molar-refractivity contribution in [2.45, 2.75) is 26.2 Å². The highest BCUT2D eigenvalue weighted by Gasteiger charge is 2.27. The molecule has 5 nitrogen and oxygen atoms in total. The number of carbonyl (C=O) groups excluding carboxylic acids is 2. The van der Waals surface area contributed by atoms with Gasteiger partial charge in [-0.1, -0.05) is 18.2 Å². The summed E-state index contributed by atoms with van der Waals surface area (Å²) in [6.45, 7) is 4.51. The second-order valence-corrected chi connectivity index (χ2v) is 7.80. The van der Waals surface area contributed by atoms with Gasteiger partial charge in [0.15, 0.2) is 0 Å². The van der Waals surface area contributed by atoms with Gasteiger partial charge in [-0.15, -0.1) is 11.3 Å². The minimum absolute atomic E-state index is 0.00456. The van der Waals surface area contributed by atoms with Crippen molar-refractivity contribution in [1.82, 2.24) is 10.2 Å². The average Bonchev–Trinajstić information content (AvgIpc) is 3.22. The van der Waals surface area contributed by atoms with Gasteiger partial charge >= 0.3 is 0 Å². The van der Waals surface area contributed by atoms with E-state index in [1.807, 2.05) is 53.6 Å². The molecule has 2 amide bonds. The summed E-state index contributed by atoms with van der Waals surface area (Å²) in [6.07, 6.45) is 2.22. The number of amides is 2. The number of thiophene rings is 1. The molecule has 0 spiro atoms. The first kappa shape index (κ1) is 19.4. The molecular formula is C21H26N2O3S. The fourth-order valence-corrected chi connectivity index (χ4v) is 3.91. The molecule has 2 aromatic rings. The zero-order valence-electron chi connectivity index (χ0n) is 15.6. The van der Waals surface area contributed by atoms with E-state index >= 15 is 0 Å². The van der Waals surface area contributed by atoms with Crippen molar-refractivity contribution in [3.8, 4) is 5.75 Å². The standard InChI is InChI=1S/C21H26N2O3S/c1-16-5-2-6-18(15-16)26-13-4-10-22-20(24)17-8-11-23(12-9-17)21(25)19-7-3-14-27-19/h2-3,5-7,14-15,17H,4,8-13H2,1H3,(H,22,24). The van der Waals surface area contributed by atoms with Crippen LogP contribution in [0.1, 0.15) is 34.5 Å². The third-order valence-corrected chi connectivity index (χ3v) is 5.62. The Kier molecular flexibility index (Phi) is 6.87. The molecule has 1 N–H and O–H groups in total. The average molecular weight is 387 g/mol. The monoisotopic (exact) mass is 386 g/mol. The van der Waals surface area contributed by atoms with E-state index in [4.69, 9.17) is 4.74 Å².